The van der Waals surface area contributed by atoms with E-state index in [4.69, 9.17) is 5.84 Å². The lowest BCUT2D eigenvalue weighted by Gasteiger charge is -2.29. The number of hydrazine groups is 1. The van der Waals surface area contributed by atoms with E-state index < -0.39 is 0 Å². The van der Waals surface area contributed by atoms with Gasteiger partial charge in [-0.2, -0.15) is 15.1 Å². The van der Waals surface area contributed by atoms with Crippen LogP contribution in [-0.4, -0.2) is 44.5 Å². The minimum absolute atomic E-state index is 0.0885. The van der Waals surface area contributed by atoms with Crippen LogP contribution in [-0.2, 0) is 0 Å². The van der Waals surface area contributed by atoms with Crippen LogP contribution in [0.2, 0.25) is 0 Å². The summed E-state index contributed by atoms with van der Waals surface area (Å²) in [5.74, 6) is 6.55. The third-order valence-electron chi connectivity index (χ3n) is 3.80. The Morgan fingerprint density at radius 1 is 1.40 bits per heavy atom. The summed E-state index contributed by atoms with van der Waals surface area (Å²) in [6.07, 6.45) is 6.39. The zero-order valence-electron chi connectivity index (χ0n) is 11.2. The number of aromatic amines is 1. The summed E-state index contributed by atoms with van der Waals surface area (Å²) >= 11 is 0. The molecule has 0 bridgehead atoms. The second-order valence-electron chi connectivity index (χ2n) is 5.00. The molecule has 3 rings (SSSR count). The number of anilines is 2. The lowest BCUT2D eigenvalue weighted by Crippen LogP contribution is -2.36. The van der Waals surface area contributed by atoms with Gasteiger partial charge in [0.1, 0.15) is 5.82 Å². The van der Waals surface area contributed by atoms with Crippen molar-refractivity contribution in [2.75, 3.05) is 23.5 Å². The largest absolute Gasteiger partial charge is 0.395 e. The van der Waals surface area contributed by atoms with Crippen molar-refractivity contribution < 1.29 is 5.11 Å². The molecule has 8 heteroatoms. The van der Waals surface area contributed by atoms with Gasteiger partial charge in [-0.3, -0.25) is 10.5 Å². The van der Waals surface area contributed by atoms with Crippen molar-refractivity contribution >= 4 is 22.8 Å². The first-order chi connectivity index (χ1) is 9.83. The summed E-state index contributed by atoms with van der Waals surface area (Å²) in [6, 6.07) is 0.403. The quantitative estimate of drug-likeness (QED) is 0.461. The number of aliphatic hydroxyl groups excluding tert-OH is 1. The molecule has 2 heterocycles. The molecule has 0 atom stereocenters. The molecular weight excluding hydrogens is 258 g/mol. The highest BCUT2D eigenvalue weighted by molar-refractivity contribution is 5.87. The predicted molar refractivity (Wildman–Crippen MR) is 76.2 cm³/mol. The van der Waals surface area contributed by atoms with E-state index in [9.17, 15) is 5.11 Å². The van der Waals surface area contributed by atoms with Gasteiger partial charge in [-0.05, 0) is 12.8 Å². The lowest BCUT2D eigenvalue weighted by molar-refractivity contribution is 0.297. The number of nitrogens with zero attached hydrogens (tertiary/aromatic N) is 4. The number of nitrogens with one attached hydrogen (secondary N) is 2. The third-order valence-corrected chi connectivity index (χ3v) is 3.80. The van der Waals surface area contributed by atoms with Crippen molar-refractivity contribution in [1.29, 1.82) is 0 Å². The maximum absolute atomic E-state index is 9.36. The van der Waals surface area contributed by atoms with Gasteiger partial charge in [-0.1, -0.05) is 12.8 Å². The molecule has 0 aromatic carbocycles. The molecule has 20 heavy (non-hydrogen) atoms. The molecule has 5 N–H and O–H groups in total. The number of fused-ring (bicyclic) bond motifs is 1. The van der Waals surface area contributed by atoms with Crippen LogP contribution in [0, 0.1) is 0 Å². The maximum atomic E-state index is 9.36. The van der Waals surface area contributed by atoms with Gasteiger partial charge in [-0.15, -0.1) is 0 Å². The van der Waals surface area contributed by atoms with Crippen LogP contribution in [0.25, 0.3) is 11.0 Å². The highest BCUT2D eigenvalue weighted by Gasteiger charge is 2.26. The monoisotopic (exact) mass is 277 g/mol. The second-order valence-corrected chi connectivity index (χ2v) is 5.00. The van der Waals surface area contributed by atoms with Crippen molar-refractivity contribution in [1.82, 2.24) is 20.2 Å². The van der Waals surface area contributed by atoms with Crippen LogP contribution < -0.4 is 16.2 Å². The fraction of sp³-hybridized carbons (Fsp3) is 0.583. The van der Waals surface area contributed by atoms with Crippen molar-refractivity contribution in [3.8, 4) is 0 Å². The van der Waals surface area contributed by atoms with Crippen molar-refractivity contribution in [3.63, 3.8) is 0 Å². The smallest absolute Gasteiger partial charge is 0.241 e. The first-order valence-electron chi connectivity index (χ1n) is 6.88. The molecule has 8 nitrogen and oxygen atoms in total. The van der Waals surface area contributed by atoms with E-state index in [1.165, 1.54) is 12.8 Å². The number of aliphatic hydroxyl groups is 1. The fourth-order valence-corrected chi connectivity index (χ4v) is 2.89. The van der Waals surface area contributed by atoms with Gasteiger partial charge in [0.2, 0.25) is 5.95 Å². The standard InChI is InChI=1S/C12H19N7O/c13-17-12-15-10-9(7-14-18-10)11(16-12)19(5-6-20)8-3-1-2-4-8/h7-8,20H,1-6,13H2,(H2,14,15,16,17,18). The van der Waals surface area contributed by atoms with Crippen LogP contribution in [0.1, 0.15) is 25.7 Å². The van der Waals surface area contributed by atoms with E-state index in [2.05, 4.69) is 30.5 Å². The van der Waals surface area contributed by atoms with E-state index in [1.807, 2.05) is 0 Å². The number of H-pyrrole nitrogens is 1. The first kappa shape index (κ1) is 13.1. The van der Waals surface area contributed by atoms with E-state index in [1.54, 1.807) is 6.20 Å². The minimum atomic E-state index is 0.0885. The Morgan fingerprint density at radius 2 is 2.20 bits per heavy atom. The molecule has 1 aliphatic rings. The Balaban J connectivity index is 2.06. The summed E-state index contributed by atoms with van der Waals surface area (Å²) in [5, 5.41) is 17.1. The molecule has 0 radical (unpaired) electrons. The van der Waals surface area contributed by atoms with Gasteiger partial charge in [-0.25, -0.2) is 5.84 Å². The fourth-order valence-electron chi connectivity index (χ4n) is 2.89. The maximum Gasteiger partial charge on any atom is 0.241 e. The number of rotatable bonds is 5. The van der Waals surface area contributed by atoms with E-state index in [0.29, 0.717) is 24.2 Å². The summed E-state index contributed by atoms with van der Waals surface area (Å²) < 4.78 is 0. The Kier molecular flexibility index (Phi) is 3.66. The molecule has 108 valence electrons. The van der Waals surface area contributed by atoms with Gasteiger partial charge in [0.05, 0.1) is 18.2 Å². The summed E-state index contributed by atoms with van der Waals surface area (Å²) in [6.45, 7) is 0.636. The normalized spacial score (nSPS) is 15.9. The van der Waals surface area contributed by atoms with Gasteiger partial charge in [0.15, 0.2) is 5.65 Å². The molecule has 0 unspecified atom stereocenters. The zero-order valence-corrected chi connectivity index (χ0v) is 11.2. The molecular formula is C12H19N7O. The molecule has 0 saturated heterocycles. The molecule has 0 amide bonds. The molecule has 2 aromatic heterocycles. The summed E-state index contributed by atoms with van der Waals surface area (Å²) in [7, 11) is 0. The zero-order chi connectivity index (χ0) is 13.9. The van der Waals surface area contributed by atoms with Gasteiger partial charge < -0.3 is 10.0 Å². The van der Waals surface area contributed by atoms with Gasteiger partial charge >= 0.3 is 0 Å². The number of nitrogen functional groups attached to an aromatic ring is 1. The number of nitrogens with two attached hydrogens (primary N) is 1. The van der Waals surface area contributed by atoms with Crippen LogP contribution in [0.4, 0.5) is 11.8 Å². The van der Waals surface area contributed by atoms with Crippen molar-refractivity contribution in [2.24, 2.45) is 5.84 Å². The van der Waals surface area contributed by atoms with Crippen LogP contribution in [0.15, 0.2) is 6.20 Å². The second kappa shape index (κ2) is 5.59. The average molecular weight is 277 g/mol. The van der Waals surface area contributed by atoms with Crippen molar-refractivity contribution in [3.05, 3.63) is 6.20 Å². The third kappa shape index (κ3) is 2.27. The number of aromatic nitrogens is 4. The number of hydrogen-bond acceptors (Lipinski definition) is 7. The Hall–Kier alpha value is -1.93. The van der Waals surface area contributed by atoms with E-state index >= 15 is 0 Å². The Morgan fingerprint density at radius 3 is 2.90 bits per heavy atom. The topological polar surface area (TPSA) is 116 Å². The highest BCUT2D eigenvalue weighted by Crippen LogP contribution is 2.31. The van der Waals surface area contributed by atoms with Crippen LogP contribution in [0.3, 0.4) is 0 Å². The van der Waals surface area contributed by atoms with Crippen LogP contribution in [0.5, 0.6) is 0 Å². The average Bonchev–Trinajstić information content (AvgIpc) is 3.14. The van der Waals surface area contributed by atoms with Gasteiger partial charge in [0, 0.05) is 12.6 Å². The molecule has 0 spiro atoms. The molecule has 1 aliphatic carbocycles. The van der Waals surface area contributed by atoms with Crippen molar-refractivity contribution in [2.45, 2.75) is 31.7 Å². The summed E-state index contributed by atoms with van der Waals surface area (Å²) in [5.41, 5.74) is 3.12. The first-order valence-corrected chi connectivity index (χ1v) is 6.88. The molecule has 1 saturated carbocycles. The van der Waals surface area contributed by atoms with Crippen LogP contribution >= 0.6 is 0 Å². The minimum Gasteiger partial charge on any atom is -0.395 e. The molecule has 2 aromatic rings. The molecule has 0 aliphatic heterocycles. The van der Waals surface area contributed by atoms with E-state index in [0.717, 1.165) is 24.0 Å². The lowest BCUT2D eigenvalue weighted by atomic mass is 10.2. The number of hydrogen-bond donors (Lipinski definition) is 4. The molecule has 1 fully saturated rings. The SMILES string of the molecule is NNc1nc(N(CCO)C2CCCC2)c2cn[nH]c2n1. The highest BCUT2D eigenvalue weighted by atomic mass is 16.3. The Labute approximate surface area is 116 Å². The van der Waals surface area contributed by atoms with E-state index in [-0.39, 0.29) is 6.61 Å². The Bertz CT molecular complexity index is 578. The summed E-state index contributed by atoms with van der Waals surface area (Å²) in [4.78, 5) is 10.8. The predicted octanol–water partition coefficient (Wildman–Crippen LogP) is 0.380. The van der Waals surface area contributed by atoms with Gasteiger partial charge in [0.25, 0.3) is 0 Å².